The third-order valence-electron chi connectivity index (χ3n) is 21.6. The molecule has 5 aliphatic heterocycles. The van der Waals surface area contributed by atoms with Crippen molar-refractivity contribution >= 4 is 53.9 Å². The predicted molar refractivity (Wildman–Crippen MR) is 371 cm³/mol. The zero-order valence-corrected chi connectivity index (χ0v) is 65.7. The molecule has 19 nitrogen and oxygen atoms in total. The summed E-state index contributed by atoms with van der Waals surface area (Å²) >= 11 is 0. The Kier molecular flexibility index (Phi) is 39.0. The van der Waals surface area contributed by atoms with Crippen LogP contribution in [0.15, 0.2) is 0 Å². The molecule has 9 fully saturated rings. The minimum Gasteiger partial charge on any atom is -0.466 e. The lowest BCUT2D eigenvalue weighted by Crippen LogP contribution is -2.49. The second-order valence-electron chi connectivity index (χ2n) is 30.1. The molecule has 0 aromatic carbocycles. The van der Waals surface area contributed by atoms with Crippen molar-refractivity contribution in [3.8, 4) is 0 Å². The zero-order chi connectivity index (χ0) is 74.7. The number of carbonyl (C=O) groups excluding carboxylic acids is 9. The Hall–Kier alpha value is -4.97. The van der Waals surface area contributed by atoms with Crippen molar-refractivity contribution in [3.63, 3.8) is 0 Å². The Morgan fingerprint density at radius 3 is 1.23 bits per heavy atom. The Bertz CT molecular complexity index is 2320. The highest BCUT2D eigenvalue weighted by molar-refractivity contribution is 5.81. The molecular formula is C76H138O19. The molecule has 0 spiro atoms. The Balaban J connectivity index is 0. The fourth-order valence-corrected chi connectivity index (χ4v) is 11.8. The van der Waals surface area contributed by atoms with Gasteiger partial charge in [-0.3, -0.25) is 38.4 Å². The summed E-state index contributed by atoms with van der Waals surface area (Å²) in [5, 5.41) is 0. The van der Waals surface area contributed by atoms with Gasteiger partial charge in [-0.2, -0.15) is 0 Å². The average molecular weight is 1360 g/mol. The number of hydrogen-bond acceptors (Lipinski definition) is 19. The van der Waals surface area contributed by atoms with Crippen LogP contribution in [0.2, 0.25) is 0 Å². The number of esters is 8. The molecule has 5 saturated heterocycles. The van der Waals surface area contributed by atoms with Crippen LogP contribution in [0.25, 0.3) is 0 Å². The fourth-order valence-electron chi connectivity index (χ4n) is 11.8. The summed E-state index contributed by atoms with van der Waals surface area (Å²) < 4.78 is 50.3. The monoisotopic (exact) mass is 1350 g/mol. The van der Waals surface area contributed by atoms with Gasteiger partial charge in [-0.1, -0.05) is 96.9 Å². The van der Waals surface area contributed by atoms with E-state index < -0.39 is 22.8 Å². The molecule has 0 N–H and O–H groups in total. The van der Waals surface area contributed by atoms with E-state index in [4.69, 9.17) is 42.6 Å². The molecule has 0 radical (unpaired) electrons. The Morgan fingerprint density at radius 1 is 0.516 bits per heavy atom. The van der Waals surface area contributed by atoms with E-state index in [-0.39, 0.29) is 87.0 Å². The van der Waals surface area contributed by atoms with Crippen molar-refractivity contribution in [1.29, 1.82) is 0 Å². The quantitative estimate of drug-likeness (QED) is 0.116. The number of cyclic esters (lactones) is 5. The molecular weight excluding hydrogens is 1220 g/mol. The molecule has 556 valence electrons. The van der Waals surface area contributed by atoms with Gasteiger partial charge in [0.25, 0.3) is 0 Å². The molecule has 10 atom stereocenters. The van der Waals surface area contributed by atoms with E-state index in [0.717, 1.165) is 57.0 Å². The number of carbonyl (C=O) groups is 9. The molecule has 0 amide bonds. The van der Waals surface area contributed by atoms with Gasteiger partial charge in [0.05, 0.1) is 71.9 Å². The standard InChI is InChI=1S/C13H22O5.C12H22O2.C9H12O2.C8H10O2.3C8H16O2.C4H6O2.3C2H6/c1-7-11(2,3)9(14)16-8-13(6)12(4,5)17-10(15)18-13;1-8(2)12(7)9(13)14-11(5,6)10(12,3)4;10-9-8-6-2-1-5(3-6)7(8)4-11-9;9-8-6-2-4-1-5(6)7(3-4)10-8;3*1-5-8(3,4)7(9)10-6-2;5-4-2-1-3-6-4;3*1-2/h7-8H2,1-6H3;8H,1-7H3;5-8H,1-4H2;4-7H,1-3H2;3*5-6H2,1-4H3;1-3H2;3*1-2H3. The lowest BCUT2D eigenvalue weighted by atomic mass is 9.57. The molecule has 19 heteroatoms. The van der Waals surface area contributed by atoms with Crippen LogP contribution in [-0.4, -0.2) is 116 Å². The molecule has 10 unspecified atom stereocenters. The van der Waals surface area contributed by atoms with Crippen LogP contribution in [0.1, 0.15) is 292 Å². The second kappa shape index (κ2) is 40.2. The highest BCUT2D eigenvalue weighted by atomic mass is 16.8. The molecule has 0 aromatic heterocycles. The van der Waals surface area contributed by atoms with Gasteiger partial charge in [-0.05, 0) is 212 Å². The van der Waals surface area contributed by atoms with Crippen molar-refractivity contribution < 1.29 is 90.5 Å². The fraction of sp³-hybridized carbons (Fsp3) is 0.882. The summed E-state index contributed by atoms with van der Waals surface area (Å²) in [7, 11) is 0. The lowest BCUT2D eigenvalue weighted by Gasteiger charge is -2.42. The maximum Gasteiger partial charge on any atom is 0.509 e. The smallest absolute Gasteiger partial charge is 0.466 e. The van der Waals surface area contributed by atoms with Gasteiger partial charge in [0.1, 0.15) is 18.3 Å². The van der Waals surface area contributed by atoms with Crippen molar-refractivity contribution in [2.45, 2.75) is 315 Å². The highest BCUT2D eigenvalue weighted by Gasteiger charge is 2.65. The van der Waals surface area contributed by atoms with E-state index >= 15 is 0 Å². The third-order valence-corrected chi connectivity index (χ3v) is 21.6. The average Bonchev–Trinajstić information content (AvgIpc) is 1.63. The summed E-state index contributed by atoms with van der Waals surface area (Å²) in [5.41, 5.74) is -4.12. The van der Waals surface area contributed by atoms with Crippen molar-refractivity contribution in [2.75, 3.05) is 39.6 Å². The lowest BCUT2D eigenvalue weighted by molar-refractivity contribution is -0.163. The number of ether oxygens (including phenoxy) is 10. The molecule has 4 bridgehead atoms. The first-order valence-corrected chi connectivity index (χ1v) is 36.2. The van der Waals surface area contributed by atoms with Gasteiger partial charge in [-0.15, -0.1) is 0 Å². The van der Waals surface area contributed by atoms with E-state index in [1.54, 1.807) is 20.8 Å². The summed E-state index contributed by atoms with van der Waals surface area (Å²) in [5.74, 6) is 4.00. The van der Waals surface area contributed by atoms with Gasteiger partial charge in [0, 0.05) is 23.7 Å². The van der Waals surface area contributed by atoms with E-state index in [0.29, 0.717) is 80.9 Å². The van der Waals surface area contributed by atoms with Gasteiger partial charge in [0.2, 0.25) is 0 Å². The molecule has 0 aromatic rings. The van der Waals surface area contributed by atoms with Crippen molar-refractivity contribution in [1.82, 2.24) is 0 Å². The Labute approximate surface area is 576 Å². The summed E-state index contributed by atoms with van der Waals surface area (Å²) in [4.78, 5) is 101. The van der Waals surface area contributed by atoms with Gasteiger partial charge in [-0.25, -0.2) is 4.79 Å². The molecule has 95 heavy (non-hydrogen) atoms. The number of rotatable bonds is 14. The first-order valence-electron chi connectivity index (χ1n) is 36.2. The van der Waals surface area contributed by atoms with Gasteiger partial charge in [0.15, 0.2) is 11.2 Å². The van der Waals surface area contributed by atoms with Crippen LogP contribution in [0, 0.1) is 79.8 Å². The van der Waals surface area contributed by atoms with Crippen LogP contribution in [0.5, 0.6) is 0 Å². The van der Waals surface area contributed by atoms with Crippen LogP contribution in [-0.2, 0) is 85.7 Å². The maximum absolute atomic E-state index is 11.9. The molecule has 4 aliphatic carbocycles. The maximum atomic E-state index is 11.9. The molecule has 4 saturated carbocycles. The van der Waals surface area contributed by atoms with E-state index in [1.807, 2.05) is 166 Å². The second-order valence-corrected chi connectivity index (χ2v) is 30.1. The molecule has 9 rings (SSSR count). The Morgan fingerprint density at radius 2 is 0.947 bits per heavy atom. The minimum absolute atomic E-state index is 0.00595. The van der Waals surface area contributed by atoms with Crippen LogP contribution in [0.3, 0.4) is 0 Å². The largest absolute Gasteiger partial charge is 0.509 e. The third kappa shape index (κ3) is 24.8. The molecule has 5 heterocycles. The summed E-state index contributed by atoms with van der Waals surface area (Å²) in [6.45, 7) is 62.7. The van der Waals surface area contributed by atoms with E-state index in [9.17, 15) is 43.2 Å². The number of hydrogen-bond donors (Lipinski definition) is 0. The van der Waals surface area contributed by atoms with Crippen LogP contribution in [0.4, 0.5) is 4.79 Å². The highest BCUT2D eigenvalue weighted by Crippen LogP contribution is 2.59. The normalized spacial score (nSPS) is 27.2. The first-order chi connectivity index (χ1) is 43.8. The van der Waals surface area contributed by atoms with Crippen LogP contribution >= 0.6 is 0 Å². The van der Waals surface area contributed by atoms with Crippen molar-refractivity contribution in [2.24, 2.45) is 79.8 Å². The SMILES string of the molecule is CC.CC.CC.CC(C)C1(C)C(=O)OC(C)(C)C1(C)C.CCC(C)(C)C(=O)OCC1(C)OC(=O)OC1(C)C.CCOC(=O)C(C)(C)CC.CCOC(=O)C(C)(C)CC.CCOC(=O)C(C)(C)CC.O=C1CCCO1.O=C1OC2CC3CC1C2C3.O=C1OCC2C3CCC(C3)C12. The van der Waals surface area contributed by atoms with Gasteiger partial charge < -0.3 is 47.4 Å². The van der Waals surface area contributed by atoms with Gasteiger partial charge >= 0.3 is 53.9 Å². The van der Waals surface area contributed by atoms with E-state index in [1.165, 1.54) is 25.7 Å². The molecule has 9 aliphatic rings. The minimum atomic E-state index is -0.955. The zero-order valence-electron chi connectivity index (χ0n) is 65.7. The predicted octanol–water partition coefficient (Wildman–Crippen LogP) is 17.2. The van der Waals surface area contributed by atoms with Crippen molar-refractivity contribution in [3.05, 3.63) is 0 Å². The topological polar surface area (TPSA) is 246 Å². The first kappa shape index (κ1) is 92.1. The van der Waals surface area contributed by atoms with E-state index in [2.05, 4.69) is 32.4 Å². The van der Waals surface area contributed by atoms with Crippen LogP contribution < -0.4 is 0 Å². The summed E-state index contributed by atoms with van der Waals surface area (Å²) in [6.07, 6.45) is 11.8. The summed E-state index contributed by atoms with van der Waals surface area (Å²) in [6, 6.07) is 0. The number of fused-ring (bicyclic) bond motifs is 6.